The van der Waals surface area contributed by atoms with Gasteiger partial charge in [0.1, 0.15) is 5.82 Å². The molecule has 1 aliphatic carbocycles. The maximum absolute atomic E-state index is 13.1. The van der Waals surface area contributed by atoms with E-state index in [1.807, 2.05) is 0 Å². The fraction of sp³-hybridized carbons (Fsp3) is 0.158. The summed E-state index contributed by atoms with van der Waals surface area (Å²) in [7, 11) is 0. The second-order valence-corrected chi connectivity index (χ2v) is 5.70. The van der Waals surface area contributed by atoms with Crippen molar-refractivity contribution in [1.82, 2.24) is 5.32 Å². The maximum atomic E-state index is 13.1. The summed E-state index contributed by atoms with van der Waals surface area (Å²) in [5.74, 6) is -0.770. The largest absolute Gasteiger partial charge is 0.349 e. The van der Waals surface area contributed by atoms with Gasteiger partial charge in [-0.05, 0) is 60.9 Å². The molecule has 2 N–H and O–H groups in total. The van der Waals surface area contributed by atoms with Gasteiger partial charge in [-0.15, -0.1) is 0 Å². The van der Waals surface area contributed by atoms with E-state index < -0.39 is 0 Å². The average molecular weight is 324 g/mol. The Balaban J connectivity index is 1.56. The number of benzene rings is 2. The molecule has 1 aliphatic rings. The Morgan fingerprint density at radius 3 is 2.50 bits per heavy atom. The molecule has 2 aromatic carbocycles. The molecule has 0 saturated heterocycles. The van der Waals surface area contributed by atoms with Crippen molar-refractivity contribution in [2.45, 2.75) is 18.9 Å². The van der Waals surface area contributed by atoms with E-state index in [0.717, 1.165) is 12.8 Å². The summed E-state index contributed by atoms with van der Waals surface area (Å²) >= 11 is 0. The first-order chi connectivity index (χ1) is 11.6. The van der Waals surface area contributed by atoms with E-state index in [0.29, 0.717) is 22.9 Å². The van der Waals surface area contributed by atoms with Gasteiger partial charge in [0.25, 0.3) is 5.91 Å². The van der Waals surface area contributed by atoms with Gasteiger partial charge in [0.05, 0.1) is 0 Å². The third-order valence-corrected chi connectivity index (χ3v) is 3.60. The van der Waals surface area contributed by atoms with E-state index in [-0.39, 0.29) is 17.6 Å². The van der Waals surface area contributed by atoms with Gasteiger partial charge >= 0.3 is 0 Å². The van der Waals surface area contributed by atoms with Crippen LogP contribution in [0.4, 0.5) is 10.1 Å². The van der Waals surface area contributed by atoms with Gasteiger partial charge < -0.3 is 10.6 Å². The first kappa shape index (κ1) is 15.9. The third kappa shape index (κ3) is 4.52. The van der Waals surface area contributed by atoms with E-state index in [9.17, 15) is 14.0 Å². The van der Waals surface area contributed by atoms with Crippen molar-refractivity contribution in [3.8, 4) is 0 Å². The van der Waals surface area contributed by atoms with Crippen LogP contribution >= 0.6 is 0 Å². The van der Waals surface area contributed by atoms with Crippen LogP contribution in [0.15, 0.2) is 54.6 Å². The third-order valence-electron chi connectivity index (χ3n) is 3.60. The number of carbonyl (C=O) groups is 2. The van der Waals surface area contributed by atoms with Gasteiger partial charge in [-0.1, -0.05) is 12.1 Å². The molecule has 0 aromatic heterocycles. The Labute approximate surface area is 139 Å². The van der Waals surface area contributed by atoms with Gasteiger partial charge in [-0.25, -0.2) is 4.39 Å². The van der Waals surface area contributed by atoms with Gasteiger partial charge in [-0.2, -0.15) is 0 Å². The Morgan fingerprint density at radius 1 is 1.08 bits per heavy atom. The van der Waals surface area contributed by atoms with Crippen molar-refractivity contribution in [2.24, 2.45) is 0 Å². The molecule has 0 aliphatic heterocycles. The minimum Gasteiger partial charge on any atom is -0.349 e. The number of rotatable bonds is 5. The molecule has 0 unspecified atom stereocenters. The van der Waals surface area contributed by atoms with Gasteiger partial charge in [0.15, 0.2) is 0 Å². The minimum absolute atomic E-state index is 0.0959. The maximum Gasteiger partial charge on any atom is 0.251 e. The summed E-state index contributed by atoms with van der Waals surface area (Å²) in [5.41, 5.74) is 1.76. The highest BCUT2D eigenvalue weighted by Crippen LogP contribution is 2.19. The zero-order valence-electron chi connectivity index (χ0n) is 13.0. The number of anilines is 1. The second kappa shape index (κ2) is 7.08. The van der Waals surface area contributed by atoms with Crippen molar-refractivity contribution in [3.63, 3.8) is 0 Å². The summed E-state index contributed by atoms with van der Waals surface area (Å²) in [4.78, 5) is 23.7. The van der Waals surface area contributed by atoms with E-state index >= 15 is 0 Å². The van der Waals surface area contributed by atoms with Crippen LogP contribution in [-0.2, 0) is 4.79 Å². The fourth-order valence-corrected chi connectivity index (χ4v) is 2.17. The van der Waals surface area contributed by atoms with E-state index in [1.165, 1.54) is 24.3 Å². The standard InChI is InChI=1S/C19H17FN2O2/c20-15-3-1-2-13(12-15)4-11-18(23)21-16-7-5-14(6-8-16)19(24)22-17-9-10-17/h1-8,11-12,17H,9-10H2,(H,21,23)(H,22,24)/b11-4+. The van der Waals surface area contributed by atoms with Crippen molar-refractivity contribution < 1.29 is 14.0 Å². The first-order valence-corrected chi connectivity index (χ1v) is 7.76. The lowest BCUT2D eigenvalue weighted by Crippen LogP contribution is -2.25. The first-order valence-electron chi connectivity index (χ1n) is 7.76. The lowest BCUT2D eigenvalue weighted by atomic mass is 10.2. The summed E-state index contributed by atoms with van der Waals surface area (Å²) in [6.45, 7) is 0. The van der Waals surface area contributed by atoms with E-state index in [1.54, 1.807) is 36.4 Å². The second-order valence-electron chi connectivity index (χ2n) is 5.70. The number of hydrogen-bond acceptors (Lipinski definition) is 2. The quantitative estimate of drug-likeness (QED) is 0.829. The molecule has 0 atom stereocenters. The highest BCUT2D eigenvalue weighted by atomic mass is 19.1. The minimum atomic E-state index is -0.349. The molecule has 0 spiro atoms. The van der Waals surface area contributed by atoms with Crippen molar-refractivity contribution in [3.05, 3.63) is 71.6 Å². The summed E-state index contributed by atoms with van der Waals surface area (Å²) in [6.07, 6.45) is 4.95. The topological polar surface area (TPSA) is 58.2 Å². The van der Waals surface area contributed by atoms with E-state index in [2.05, 4.69) is 10.6 Å². The zero-order chi connectivity index (χ0) is 16.9. The van der Waals surface area contributed by atoms with Crippen LogP contribution in [0.2, 0.25) is 0 Å². The Bertz CT molecular complexity index is 780. The van der Waals surface area contributed by atoms with Crippen LogP contribution in [0.3, 0.4) is 0 Å². The smallest absolute Gasteiger partial charge is 0.251 e. The lowest BCUT2D eigenvalue weighted by Gasteiger charge is -2.05. The number of halogens is 1. The molecule has 24 heavy (non-hydrogen) atoms. The average Bonchev–Trinajstić information content (AvgIpc) is 3.38. The predicted octanol–water partition coefficient (Wildman–Crippen LogP) is 3.37. The molecule has 4 nitrogen and oxygen atoms in total. The molecular formula is C19H17FN2O2. The molecular weight excluding hydrogens is 307 g/mol. The Morgan fingerprint density at radius 2 is 1.83 bits per heavy atom. The van der Waals surface area contributed by atoms with Gasteiger partial charge in [0.2, 0.25) is 5.91 Å². The lowest BCUT2D eigenvalue weighted by molar-refractivity contribution is -0.111. The number of nitrogens with one attached hydrogen (secondary N) is 2. The molecule has 0 heterocycles. The molecule has 2 aromatic rings. The molecule has 0 bridgehead atoms. The summed E-state index contributed by atoms with van der Waals surface area (Å²) in [6, 6.07) is 13.0. The van der Waals surface area contributed by atoms with Crippen LogP contribution in [0.25, 0.3) is 6.08 Å². The van der Waals surface area contributed by atoms with Gasteiger partial charge in [-0.3, -0.25) is 9.59 Å². The number of amides is 2. The molecule has 0 radical (unpaired) electrons. The van der Waals surface area contributed by atoms with Crippen LogP contribution in [0, 0.1) is 5.82 Å². The van der Waals surface area contributed by atoms with Crippen molar-refractivity contribution in [2.75, 3.05) is 5.32 Å². The molecule has 1 saturated carbocycles. The molecule has 1 fully saturated rings. The molecule has 122 valence electrons. The van der Waals surface area contributed by atoms with Crippen molar-refractivity contribution in [1.29, 1.82) is 0 Å². The zero-order valence-corrected chi connectivity index (χ0v) is 13.0. The predicted molar refractivity (Wildman–Crippen MR) is 91.0 cm³/mol. The normalized spacial score (nSPS) is 13.7. The number of carbonyl (C=O) groups excluding carboxylic acids is 2. The van der Waals surface area contributed by atoms with Gasteiger partial charge in [0, 0.05) is 23.4 Å². The summed E-state index contributed by atoms with van der Waals surface area (Å²) in [5, 5.41) is 5.60. The Kier molecular flexibility index (Phi) is 4.70. The fourth-order valence-electron chi connectivity index (χ4n) is 2.17. The molecule has 5 heteroatoms. The Hall–Kier alpha value is -2.95. The molecule has 3 rings (SSSR count). The highest BCUT2D eigenvalue weighted by Gasteiger charge is 2.23. The van der Waals surface area contributed by atoms with E-state index in [4.69, 9.17) is 0 Å². The molecule has 2 amide bonds. The van der Waals surface area contributed by atoms with Crippen LogP contribution in [0.5, 0.6) is 0 Å². The van der Waals surface area contributed by atoms with Crippen LogP contribution in [0.1, 0.15) is 28.8 Å². The van der Waals surface area contributed by atoms with Crippen LogP contribution < -0.4 is 10.6 Å². The number of hydrogen-bond donors (Lipinski definition) is 2. The van der Waals surface area contributed by atoms with Crippen LogP contribution in [-0.4, -0.2) is 17.9 Å². The monoisotopic (exact) mass is 324 g/mol. The highest BCUT2D eigenvalue weighted by molar-refractivity contribution is 6.02. The SMILES string of the molecule is O=C(/C=C/c1cccc(F)c1)Nc1ccc(C(=O)NC2CC2)cc1. The van der Waals surface area contributed by atoms with Crippen molar-refractivity contribution >= 4 is 23.6 Å². The summed E-state index contributed by atoms with van der Waals surface area (Å²) < 4.78 is 13.1.